The molecule has 0 aliphatic heterocycles. The lowest BCUT2D eigenvalue weighted by Gasteiger charge is -2.07. The van der Waals surface area contributed by atoms with Crippen molar-refractivity contribution in [3.63, 3.8) is 0 Å². The Hall–Kier alpha value is -1.34. The van der Waals surface area contributed by atoms with Gasteiger partial charge in [-0.1, -0.05) is 11.8 Å². The lowest BCUT2D eigenvalue weighted by Crippen LogP contribution is -2.23. The first kappa shape index (κ1) is 14.6. The molecule has 112 valence electrons. The molecule has 0 N–H and O–H groups in total. The summed E-state index contributed by atoms with van der Waals surface area (Å²) in [4.78, 5) is 22.2. The molecule has 7 heteroatoms. The topological polar surface area (TPSA) is 51.0 Å². The molecule has 0 radical (unpaired) electrons. The number of likely N-dealkylation sites (N-methyl/N-ethyl adjacent to an activating group) is 1. The third kappa shape index (κ3) is 3.65. The van der Waals surface area contributed by atoms with E-state index in [0.29, 0.717) is 12.5 Å². The molecule has 2 aromatic rings. The Kier molecular flexibility index (Phi) is 4.30. The van der Waals surface area contributed by atoms with Crippen LogP contribution in [0.2, 0.25) is 0 Å². The van der Waals surface area contributed by atoms with Gasteiger partial charge in [0.15, 0.2) is 5.16 Å². The van der Waals surface area contributed by atoms with E-state index in [1.165, 1.54) is 12.8 Å². The summed E-state index contributed by atoms with van der Waals surface area (Å²) in [5.74, 6) is 0.893. The predicted octanol–water partition coefficient (Wildman–Crippen LogP) is 2.60. The molecular weight excluding hydrogens is 304 g/mol. The van der Waals surface area contributed by atoms with Crippen molar-refractivity contribution in [2.75, 3.05) is 14.1 Å². The average molecular weight is 322 g/mol. The van der Waals surface area contributed by atoms with Crippen molar-refractivity contribution >= 4 is 29.0 Å². The van der Waals surface area contributed by atoms with Gasteiger partial charge in [0.25, 0.3) is 0 Å². The zero-order valence-corrected chi connectivity index (χ0v) is 13.8. The number of hydrogen-bond donors (Lipinski definition) is 0. The summed E-state index contributed by atoms with van der Waals surface area (Å²) in [6, 6.07) is 0.652. The summed E-state index contributed by atoms with van der Waals surface area (Å²) in [7, 11) is 3.54. The fourth-order valence-electron chi connectivity index (χ4n) is 1.96. The van der Waals surface area contributed by atoms with Gasteiger partial charge in [-0.3, -0.25) is 4.79 Å². The number of aromatic nitrogens is 3. The molecule has 1 saturated carbocycles. The SMILES string of the molecule is CN(C)C(=O)Cc1nc(CSc2nccn2C2CC2)cs1. The van der Waals surface area contributed by atoms with Gasteiger partial charge in [0.05, 0.1) is 12.1 Å². The number of nitrogens with zero attached hydrogens (tertiary/aromatic N) is 4. The van der Waals surface area contributed by atoms with Crippen molar-refractivity contribution in [1.29, 1.82) is 0 Å². The van der Waals surface area contributed by atoms with Crippen molar-refractivity contribution in [2.24, 2.45) is 0 Å². The second-order valence-corrected chi connectivity index (χ2v) is 7.22. The Balaban J connectivity index is 1.57. The number of rotatable bonds is 6. The Morgan fingerprint density at radius 3 is 3.05 bits per heavy atom. The van der Waals surface area contributed by atoms with Gasteiger partial charge in [-0.05, 0) is 12.8 Å². The molecule has 1 fully saturated rings. The van der Waals surface area contributed by atoms with Crippen LogP contribution >= 0.6 is 23.1 Å². The second kappa shape index (κ2) is 6.19. The molecule has 0 unspecified atom stereocenters. The van der Waals surface area contributed by atoms with Crippen molar-refractivity contribution in [2.45, 2.75) is 36.2 Å². The Labute approximate surface area is 132 Å². The maximum atomic E-state index is 11.7. The molecule has 0 spiro atoms. The van der Waals surface area contributed by atoms with Crippen molar-refractivity contribution in [1.82, 2.24) is 19.4 Å². The van der Waals surface area contributed by atoms with Gasteiger partial charge in [-0.2, -0.15) is 0 Å². The molecule has 1 amide bonds. The fourth-order valence-corrected chi connectivity index (χ4v) is 3.77. The normalized spacial score (nSPS) is 14.4. The molecule has 0 bridgehead atoms. The van der Waals surface area contributed by atoms with Gasteiger partial charge in [0, 0.05) is 43.7 Å². The van der Waals surface area contributed by atoms with E-state index in [-0.39, 0.29) is 5.91 Å². The highest BCUT2D eigenvalue weighted by Gasteiger charge is 2.25. The third-order valence-corrected chi connectivity index (χ3v) is 5.24. The summed E-state index contributed by atoms with van der Waals surface area (Å²) in [5.41, 5.74) is 1.02. The van der Waals surface area contributed by atoms with Crippen LogP contribution in [-0.4, -0.2) is 39.4 Å². The highest BCUT2D eigenvalue weighted by molar-refractivity contribution is 7.98. The van der Waals surface area contributed by atoms with Gasteiger partial charge >= 0.3 is 0 Å². The molecule has 2 aromatic heterocycles. The molecule has 5 nitrogen and oxygen atoms in total. The first-order valence-corrected chi connectivity index (χ1v) is 8.79. The Morgan fingerprint density at radius 1 is 1.52 bits per heavy atom. The summed E-state index contributed by atoms with van der Waals surface area (Å²) >= 11 is 3.27. The quantitative estimate of drug-likeness (QED) is 0.767. The highest BCUT2D eigenvalue weighted by atomic mass is 32.2. The van der Waals surface area contributed by atoms with E-state index in [4.69, 9.17) is 0 Å². The number of carbonyl (C=O) groups is 1. The summed E-state index contributed by atoms with van der Waals surface area (Å²) in [6.07, 6.45) is 6.83. The van der Waals surface area contributed by atoms with Crippen LogP contribution in [0.15, 0.2) is 22.9 Å². The summed E-state index contributed by atoms with van der Waals surface area (Å²) < 4.78 is 2.26. The van der Waals surface area contributed by atoms with Crippen LogP contribution in [0.4, 0.5) is 0 Å². The van der Waals surface area contributed by atoms with Crippen LogP contribution in [-0.2, 0) is 17.0 Å². The first-order chi connectivity index (χ1) is 10.1. The number of thioether (sulfide) groups is 1. The number of amides is 1. The molecule has 2 heterocycles. The minimum absolute atomic E-state index is 0.0906. The second-order valence-electron chi connectivity index (χ2n) is 5.33. The smallest absolute Gasteiger partial charge is 0.228 e. The highest BCUT2D eigenvalue weighted by Crippen LogP contribution is 2.38. The first-order valence-electron chi connectivity index (χ1n) is 6.92. The largest absolute Gasteiger partial charge is 0.348 e. The molecule has 21 heavy (non-hydrogen) atoms. The van der Waals surface area contributed by atoms with Crippen molar-refractivity contribution < 1.29 is 4.79 Å². The van der Waals surface area contributed by atoms with E-state index >= 15 is 0 Å². The van der Waals surface area contributed by atoms with E-state index in [1.807, 2.05) is 11.6 Å². The van der Waals surface area contributed by atoms with Gasteiger partial charge < -0.3 is 9.47 Å². The number of imidazole rings is 1. The maximum absolute atomic E-state index is 11.7. The average Bonchev–Trinajstić information content (AvgIpc) is 3.02. The number of thiazole rings is 1. The van der Waals surface area contributed by atoms with Crippen LogP contribution in [0.3, 0.4) is 0 Å². The van der Waals surface area contributed by atoms with Gasteiger partial charge in [-0.15, -0.1) is 11.3 Å². The van der Waals surface area contributed by atoms with Crippen LogP contribution < -0.4 is 0 Å². The van der Waals surface area contributed by atoms with E-state index in [1.54, 1.807) is 42.1 Å². The minimum Gasteiger partial charge on any atom is -0.348 e. The van der Waals surface area contributed by atoms with Crippen LogP contribution in [0.1, 0.15) is 29.6 Å². The number of carbonyl (C=O) groups excluding carboxylic acids is 1. The third-order valence-electron chi connectivity index (χ3n) is 3.32. The van der Waals surface area contributed by atoms with E-state index in [2.05, 4.69) is 20.7 Å². The molecule has 0 atom stereocenters. The Morgan fingerprint density at radius 2 is 2.33 bits per heavy atom. The van der Waals surface area contributed by atoms with Crippen molar-refractivity contribution in [3.8, 4) is 0 Å². The lowest BCUT2D eigenvalue weighted by atomic mass is 10.4. The van der Waals surface area contributed by atoms with Crippen LogP contribution in [0.25, 0.3) is 0 Å². The minimum atomic E-state index is 0.0906. The van der Waals surface area contributed by atoms with Crippen molar-refractivity contribution in [3.05, 3.63) is 28.5 Å². The molecular formula is C14H18N4OS2. The maximum Gasteiger partial charge on any atom is 0.228 e. The van der Waals surface area contributed by atoms with Crippen LogP contribution in [0.5, 0.6) is 0 Å². The summed E-state index contributed by atoms with van der Waals surface area (Å²) in [6.45, 7) is 0. The zero-order valence-electron chi connectivity index (χ0n) is 12.2. The molecule has 0 aromatic carbocycles. The molecule has 1 aliphatic rings. The summed E-state index contributed by atoms with van der Waals surface area (Å²) in [5, 5.41) is 3.99. The van der Waals surface area contributed by atoms with E-state index in [0.717, 1.165) is 21.6 Å². The molecule has 0 saturated heterocycles. The lowest BCUT2D eigenvalue weighted by molar-refractivity contribution is -0.127. The van der Waals surface area contributed by atoms with Gasteiger partial charge in [0.2, 0.25) is 5.91 Å². The molecule has 3 rings (SSSR count). The van der Waals surface area contributed by atoms with Crippen LogP contribution in [0, 0.1) is 0 Å². The zero-order chi connectivity index (χ0) is 14.8. The fraction of sp³-hybridized carbons (Fsp3) is 0.500. The standard InChI is InChI=1S/C14H18N4OS2/c1-17(2)13(19)7-12-16-10(8-20-12)9-21-14-15-5-6-18(14)11-3-4-11/h5-6,8,11H,3-4,7,9H2,1-2H3. The Bertz CT molecular complexity index is 630. The van der Waals surface area contributed by atoms with E-state index < -0.39 is 0 Å². The van der Waals surface area contributed by atoms with Gasteiger partial charge in [-0.25, -0.2) is 9.97 Å². The van der Waals surface area contributed by atoms with Gasteiger partial charge in [0.1, 0.15) is 5.01 Å². The monoisotopic (exact) mass is 322 g/mol. The predicted molar refractivity (Wildman–Crippen MR) is 84.6 cm³/mol. The molecule has 1 aliphatic carbocycles. The number of hydrogen-bond acceptors (Lipinski definition) is 5. The van der Waals surface area contributed by atoms with E-state index in [9.17, 15) is 4.79 Å².